The van der Waals surface area contributed by atoms with E-state index in [-0.39, 0.29) is 12.0 Å². The fourth-order valence-electron chi connectivity index (χ4n) is 2.37. The third-order valence-electron chi connectivity index (χ3n) is 3.91. The van der Waals surface area contributed by atoms with Crippen LogP contribution in [0.25, 0.3) is 0 Å². The van der Waals surface area contributed by atoms with Gasteiger partial charge in [-0.25, -0.2) is 0 Å². The molecule has 0 fully saturated rings. The number of benzene rings is 1. The molecule has 0 saturated heterocycles. The number of hydrogen-bond donors (Lipinski definition) is 1. The van der Waals surface area contributed by atoms with Gasteiger partial charge in [-0.15, -0.1) is 0 Å². The van der Waals surface area contributed by atoms with Crippen LogP contribution >= 0.6 is 0 Å². The number of nitrogens with zero attached hydrogens (tertiary/aromatic N) is 1. The summed E-state index contributed by atoms with van der Waals surface area (Å²) in [6.07, 6.45) is -3.61. The Morgan fingerprint density at radius 2 is 1.71 bits per heavy atom. The number of halogens is 3. The first-order valence-electron chi connectivity index (χ1n) is 8.54. The maximum Gasteiger partial charge on any atom is 0.418 e. The van der Waals surface area contributed by atoms with Crippen molar-refractivity contribution in [1.82, 2.24) is 10.3 Å². The van der Waals surface area contributed by atoms with E-state index in [9.17, 15) is 22.8 Å². The number of Topliss-reactive ketones (excluding diaryl/α,β-unsaturated/α-hetero) is 1. The quantitative estimate of drug-likeness (QED) is 0.758. The molecule has 2 rings (SSSR count). The van der Waals surface area contributed by atoms with E-state index in [1.807, 2.05) is 12.1 Å². The standard InChI is InChI=1S/C20H21F3N2O3/c1-19(2,3)13-6-8-14(9-7-13)28-12-17(27)25-11-16(26)18-15(20(21,22)23)5-4-10-24-18/h4-10H,11-12H2,1-3H3,(H,25,27). The highest BCUT2D eigenvalue weighted by molar-refractivity contribution is 5.99. The van der Waals surface area contributed by atoms with Gasteiger partial charge in [0.25, 0.3) is 5.91 Å². The number of nitrogens with one attached hydrogen (secondary N) is 1. The minimum absolute atomic E-state index is 0.0169. The van der Waals surface area contributed by atoms with E-state index in [1.165, 1.54) is 0 Å². The highest BCUT2D eigenvalue weighted by Crippen LogP contribution is 2.31. The van der Waals surface area contributed by atoms with Crippen LogP contribution < -0.4 is 10.1 Å². The molecule has 0 atom stereocenters. The van der Waals surface area contributed by atoms with E-state index in [0.29, 0.717) is 5.75 Å². The zero-order valence-electron chi connectivity index (χ0n) is 15.8. The first-order chi connectivity index (χ1) is 13.0. The molecule has 0 aliphatic carbocycles. The van der Waals surface area contributed by atoms with E-state index in [1.54, 1.807) is 12.1 Å². The molecule has 150 valence electrons. The molecule has 0 aliphatic heterocycles. The van der Waals surface area contributed by atoms with Crippen LogP contribution in [-0.2, 0) is 16.4 Å². The minimum Gasteiger partial charge on any atom is -0.484 e. The van der Waals surface area contributed by atoms with Crippen LogP contribution in [0.2, 0.25) is 0 Å². The molecule has 1 aromatic carbocycles. The van der Waals surface area contributed by atoms with E-state index < -0.39 is 35.7 Å². The third kappa shape index (κ3) is 5.80. The molecule has 28 heavy (non-hydrogen) atoms. The van der Waals surface area contributed by atoms with Crippen LogP contribution in [0.4, 0.5) is 13.2 Å². The first-order valence-corrected chi connectivity index (χ1v) is 8.54. The van der Waals surface area contributed by atoms with Crippen molar-refractivity contribution in [1.29, 1.82) is 0 Å². The maximum atomic E-state index is 12.9. The van der Waals surface area contributed by atoms with Gasteiger partial charge in [-0.05, 0) is 35.2 Å². The summed E-state index contributed by atoms with van der Waals surface area (Å²) in [5.41, 5.74) is -0.777. The van der Waals surface area contributed by atoms with E-state index in [2.05, 4.69) is 31.1 Å². The lowest BCUT2D eigenvalue weighted by Crippen LogP contribution is -2.34. The molecule has 1 heterocycles. The highest BCUT2D eigenvalue weighted by atomic mass is 19.4. The van der Waals surface area contributed by atoms with Crippen LogP contribution in [0, 0.1) is 0 Å². The lowest BCUT2D eigenvalue weighted by atomic mass is 9.87. The number of hydrogen-bond acceptors (Lipinski definition) is 4. The Morgan fingerprint density at radius 3 is 2.29 bits per heavy atom. The third-order valence-corrected chi connectivity index (χ3v) is 3.91. The van der Waals surface area contributed by atoms with Gasteiger partial charge >= 0.3 is 6.18 Å². The van der Waals surface area contributed by atoms with Gasteiger partial charge in [-0.2, -0.15) is 13.2 Å². The van der Waals surface area contributed by atoms with Gasteiger partial charge in [0.05, 0.1) is 12.1 Å². The molecule has 1 aromatic heterocycles. The van der Waals surface area contributed by atoms with Gasteiger partial charge < -0.3 is 10.1 Å². The van der Waals surface area contributed by atoms with Gasteiger partial charge in [0, 0.05) is 6.20 Å². The van der Waals surface area contributed by atoms with Crippen LogP contribution in [0.1, 0.15) is 42.4 Å². The SMILES string of the molecule is CC(C)(C)c1ccc(OCC(=O)NCC(=O)c2ncccc2C(F)(F)F)cc1. The summed E-state index contributed by atoms with van der Waals surface area (Å²) in [4.78, 5) is 27.3. The summed E-state index contributed by atoms with van der Waals surface area (Å²) in [6.45, 7) is 5.24. The fourth-order valence-corrected chi connectivity index (χ4v) is 2.37. The van der Waals surface area contributed by atoms with Crippen LogP contribution in [0.15, 0.2) is 42.6 Å². The van der Waals surface area contributed by atoms with E-state index in [0.717, 1.165) is 23.9 Å². The predicted molar refractivity (Wildman–Crippen MR) is 97.2 cm³/mol. The van der Waals surface area contributed by atoms with Crippen molar-refractivity contribution >= 4 is 11.7 Å². The minimum atomic E-state index is -4.70. The van der Waals surface area contributed by atoms with E-state index >= 15 is 0 Å². The van der Waals surface area contributed by atoms with Crippen LogP contribution in [0.5, 0.6) is 5.75 Å². The summed E-state index contributed by atoms with van der Waals surface area (Å²) < 4.78 is 44.1. The summed E-state index contributed by atoms with van der Waals surface area (Å²) in [7, 11) is 0. The van der Waals surface area contributed by atoms with Crippen molar-refractivity contribution in [3.05, 3.63) is 59.4 Å². The van der Waals surface area contributed by atoms with Crippen molar-refractivity contribution in [2.45, 2.75) is 32.4 Å². The Bertz CT molecular complexity index is 841. The second-order valence-electron chi connectivity index (χ2n) is 7.16. The Balaban J connectivity index is 1.89. The second kappa shape index (κ2) is 8.41. The molecule has 0 unspecified atom stereocenters. The normalized spacial score (nSPS) is 11.8. The van der Waals surface area contributed by atoms with Gasteiger partial charge in [0.2, 0.25) is 5.78 Å². The van der Waals surface area contributed by atoms with Crippen LogP contribution in [-0.4, -0.2) is 29.8 Å². The number of carbonyl (C=O) groups is 2. The highest BCUT2D eigenvalue weighted by Gasteiger charge is 2.35. The van der Waals surface area contributed by atoms with Crippen molar-refractivity contribution in [3.63, 3.8) is 0 Å². The van der Waals surface area contributed by atoms with Crippen molar-refractivity contribution in [2.24, 2.45) is 0 Å². The van der Waals surface area contributed by atoms with Crippen LogP contribution in [0.3, 0.4) is 0 Å². The van der Waals surface area contributed by atoms with Gasteiger partial charge in [0.15, 0.2) is 6.61 Å². The van der Waals surface area contributed by atoms with Crippen molar-refractivity contribution in [3.8, 4) is 5.75 Å². The number of carbonyl (C=O) groups excluding carboxylic acids is 2. The lowest BCUT2D eigenvalue weighted by Gasteiger charge is -2.19. The van der Waals surface area contributed by atoms with Crippen molar-refractivity contribution < 1.29 is 27.5 Å². The summed E-state index contributed by atoms with van der Waals surface area (Å²) in [5.74, 6) is -1.09. The summed E-state index contributed by atoms with van der Waals surface area (Å²) in [6, 6.07) is 9.08. The molecule has 0 saturated carbocycles. The summed E-state index contributed by atoms with van der Waals surface area (Å²) >= 11 is 0. The van der Waals surface area contributed by atoms with Gasteiger partial charge in [-0.1, -0.05) is 32.9 Å². The lowest BCUT2D eigenvalue weighted by molar-refractivity contribution is -0.138. The molecule has 0 radical (unpaired) electrons. The number of amides is 1. The molecule has 5 nitrogen and oxygen atoms in total. The number of ketones is 1. The average Bonchev–Trinajstić information content (AvgIpc) is 2.63. The molecule has 2 aromatic rings. The average molecular weight is 394 g/mol. The molecular formula is C20H21F3N2O3. The summed E-state index contributed by atoms with van der Waals surface area (Å²) in [5, 5.41) is 2.24. The largest absolute Gasteiger partial charge is 0.484 e. The number of alkyl halides is 3. The fraction of sp³-hybridized carbons (Fsp3) is 0.350. The number of pyridine rings is 1. The number of aromatic nitrogens is 1. The molecular weight excluding hydrogens is 373 g/mol. The smallest absolute Gasteiger partial charge is 0.418 e. The predicted octanol–water partition coefficient (Wildman–Crippen LogP) is 3.78. The molecule has 8 heteroatoms. The Kier molecular flexibility index (Phi) is 6.43. The second-order valence-corrected chi connectivity index (χ2v) is 7.16. The first kappa shape index (κ1) is 21.4. The van der Waals surface area contributed by atoms with Gasteiger partial charge in [0.1, 0.15) is 11.4 Å². The Morgan fingerprint density at radius 1 is 1.07 bits per heavy atom. The maximum absolute atomic E-state index is 12.9. The number of ether oxygens (including phenoxy) is 1. The molecule has 1 amide bonds. The molecule has 0 bridgehead atoms. The Labute approximate surface area is 160 Å². The molecule has 0 spiro atoms. The topological polar surface area (TPSA) is 68.3 Å². The monoisotopic (exact) mass is 394 g/mol. The van der Waals surface area contributed by atoms with E-state index in [4.69, 9.17) is 4.74 Å². The molecule has 1 N–H and O–H groups in total. The zero-order chi connectivity index (χ0) is 20.9. The van der Waals surface area contributed by atoms with Gasteiger partial charge in [-0.3, -0.25) is 14.6 Å². The Hall–Kier alpha value is -2.90. The number of rotatable bonds is 6. The zero-order valence-corrected chi connectivity index (χ0v) is 15.8. The molecule has 0 aliphatic rings. The van der Waals surface area contributed by atoms with Crippen molar-refractivity contribution in [2.75, 3.05) is 13.2 Å².